The Hall–Kier alpha value is -0.700. The molecule has 0 aliphatic carbocycles. The fourth-order valence-electron chi connectivity index (χ4n) is 1.22. The lowest BCUT2D eigenvalue weighted by molar-refractivity contribution is 0.0938. The zero-order chi connectivity index (χ0) is 10.9. The number of aryl methyl sites for hydroxylation is 1. The largest absolute Gasteiger partial charge is 0.294 e. The van der Waals surface area contributed by atoms with Crippen molar-refractivity contribution in [1.29, 1.82) is 0 Å². The Balaban J connectivity index is 3.22. The van der Waals surface area contributed by atoms with Gasteiger partial charge in [-0.05, 0) is 40.5 Å². The highest BCUT2D eigenvalue weighted by Gasteiger charge is 2.15. The van der Waals surface area contributed by atoms with Gasteiger partial charge in [0.15, 0.2) is 5.78 Å². The lowest BCUT2D eigenvalue weighted by atomic mass is 9.97. The van der Waals surface area contributed by atoms with E-state index in [0.29, 0.717) is 10.0 Å². The summed E-state index contributed by atoms with van der Waals surface area (Å²) in [6.45, 7) is 5.42. The number of Topliss-reactive ketones (excluding diaryl/α,β-unsaturated/α-hetero) is 1. The third-order valence-corrected chi connectivity index (χ3v) is 2.66. The van der Waals surface area contributed by atoms with E-state index in [-0.39, 0.29) is 17.5 Å². The molecule has 0 amide bonds. The maximum atomic E-state index is 13.2. The Morgan fingerprint density at radius 2 is 2.00 bits per heavy atom. The summed E-state index contributed by atoms with van der Waals surface area (Å²) in [4.78, 5) is 11.6. The molecule has 0 saturated heterocycles. The summed E-state index contributed by atoms with van der Waals surface area (Å²) < 4.78 is 13.6. The zero-order valence-electron chi connectivity index (χ0n) is 8.40. The highest BCUT2D eigenvalue weighted by molar-refractivity contribution is 9.10. The van der Waals surface area contributed by atoms with Crippen LogP contribution in [-0.2, 0) is 0 Å². The smallest absolute Gasteiger partial charge is 0.165 e. The minimum Gasteiger partial charge on any atom is -0.294 e. The number of hydrogen-bond donors (Lipinski definition) is 0. The van der Waals surface area contributed by atoms with Crippen LogP contribution in [0.2, 0.25) is 0 Å². The van der Waals surface area contributed by atoms with Crippen LogP contribution in [0.25, 0.3) is 0 Å². The fourth-order valence-corrected chi connectivity index (χ4v) is 1.68. The number of rotatable bonds is 2. The Bertz CT molecular complexity index is 372. The molecule has 3 heteroatoms. The number of carbonyl (C=O) groups is 1. The van der Waals surface area contributed by atoms with Crippen molar-refractivity contribution in [3.8, 4) is 0 Å². The molecule has 0 heterocycles. The fraction of sp³-hybridized carbons (Fsp3) is 0.364. The first-order chi connectivity index (χ1) is 6.43. The van der Waals surface area contributed by atoms with Crippen molar-refractivity contribution in [2.24, 2.45) is 5.92 Å². The first kappa shape index (κ1) is 11.4. The van der Waals surface area contributed by atoms with E-state index in [1.54, 1.807) is 13.0 Å². The van der Waals surface area contributed by atoms with Crippen LogP contribution < -0.4 is 0 Å². The first-order valence-corrected chi connectivity index (χ1v) is 5.22. The number of carbonyl (C=O) groups excluding carboxylic acids is 1. The van der Waals surface area contributed by atoms with Gasteiger partial charge in [-0.15, -0.1) is 0 Å². The van der Waals surface area contributed by atoms with E-state index in [1.807, 2.05) is 13.8 Å². The summed E-state index contributed by atoms with van der Waals surface area (Å²) in [5, 5.41) is 0. The molecular formula is C11H12BrFO. The van der Waals surface area contributed by atoms with Crippen LogP contribution in [0.1, 0.15) is 29.8 Å². The number of halogens is 2. The van der Waals surface area contributed by atoms with Crippen LogP contribution in [0.15, 0.2) is 16.6 Å². The Morgan fingerprint density at radius 1 is 1.43 bits per heavy atom. The minimum absolute atomic E-state index is 0.0195. The summed E-state index contributed by atoms with van der Waals surface area (Å²) in [6, 6.07) is 2.92. The molecule has 0 N–H and O–H groups in total. The van der Waals surface area contributed by atoms with Gasteiger partial charge in [-0.2, -0.15) is 0 Å². The van der Waals surface area contributed by atoms with Crippen molar-refractivity contribution in [3.63, 3.8) is 0 Å². The van der Waals surface area contributed by atoms with Crippen molar-refractivity contribution < 1.29 is 9.18 Å². The summed E-state index contributed by atoms with van der Waals surface area (Å²) in [5.74, 6) is -0.511. The van der Waals surface area contributed by atoms with Crippen LogP contribution in [0.4, 0.5) is 4.39 Å². The van der Waals surface area contributed by atoms with Gasteiger partial charge < -0.3 is 0 Å². The predicted octanol–water partition coefficient (Wildman–Crippen LogP) is 3.74. The van der Waals surface area contributed by atoms with Crippen LogP contribution in [0, 0.1) is 18.7 Å². The lowest BCUT2D eigenvalue weighted by Gasteiger charge is -2.08. The molecule has 0 unspecified atom stereocenters. The molecule has 0 aliphatic rings. The predicted molar refractivity (Wildman–Crippen MR) is 58.0 cm³/mol. The second-order valence-corrected chi connectivity index (χ2v) is 4.45. The summed E-state index contributed by atoms with van der Waals surface area (Å²) in [5.41, 5.74) is 1.28. The third-order valence-electron chi connectivity index (χ3n) is 2.06. The van der Waals surface area contributed by atoms with Gasteiger partial charge in [0.2, 0.25) is 0 Å². The Kier molecular flexibility index (Phi) is 3.43. The Morgan fingerprint density at radius 3 is 2.50 bits per heavy atom. The quantitative estimate of drug-likeness (QED) is 0.739. The van der Waals surface area contributed by atoms with Gasteiger partial charge in [0.25, 0.3) is 0 Å². The van der Waals surface area contributed by atoms with Crippen LogP contribution in [0.5, 0.6) is 0 Å². The van der Waals surface area contributed by atoms with Crippen LogP contribution >= 0.6 is 15.9 Å². The molecular weight excluding hydrogens is 247 g/mol. The molecule has 0 aromatic heterocycles. The average molecular weight is 259 g/mol. The number of ketones is 1. The zero-order valence-corrected chi connectivity index (χ0v) is 9.98. The molecule has 1 aromatic carbocycles. The lowest BCUT2D eigenvalue weighted by Crippen LogP contribution is -2.09. The number of benzene rings is 1. The summed E-state index contributed by atoms with van der Waals surface area (Å²) in [6.07, 6.45) is 0. The van der Waals surface area contributed by atoms with Crippen molar-refractivity contribution in [1.82, 2.24) is 0 Å². The van der Waals surface area contributed by atoms with E-state index >= 15 is 0 Å². The van der Waals surface area contributed by atoms with Gasteiger partial charge in [0.1, 0.15) is 5.82 Å². The van der Waals surface area contributed by atoms with Crippen LogP contribution in [-0.4, -0.2) is 5.78 Å². The van der Waals surface area contributed by atoms with Gasteiger partial charge in [-0.25, -0.2) is 4.39 Å². The van der Waals surface area contributed by atoms with Crippen LogP contribution in [0.3, 0.4) is 0 Å². The third kappa shape index (κ3) is 2.21. The van der Waals surface area contributed by atoms with E-state index in [1.165, 1.54) is 6.07 Å². The highest BCUT2D eigenvalue weighted by atomic mass is 79.9. The maximum Gasteiger partial charge on any atom is 0.165 e. The van der Waals surface area contributed by atoms with Crippen molar-refractivity contribution >= 4 is 21.7 Å². The molecule has 0 aliphatic heterocycles. The van der Waals surface area contributed by atoms with Gasteiger partial charge in [0.05, 0.1) is 4.47 Å². The topological polar surface area (TPSA) is 17.1 Å². The number of hydrogen-bond acceptors (Lipinski definition) is 1. The molecule has 1 nitrogen and oxygen atoms in total. The maximum absolute atomic E-state index is 13.2. The van der Waals surface area contributed by atoms with Gasteiger partial charge in [-0.3, -0.25) is 4.79 Å². The second kappa shape index (κ2) is 4.22. The van der Waals surface area contributed by atoms with Crippen molar-refractivity contribution in [2.45, 2.75) is 20.8 Å². The molecule has 0 atom stereocenters. The molecule has 0 saturated carbocycles. The molecule has 1 rings (SSSR count). The van der Waals surface area contributed by atoms with E-state index in [9.17, 15) is 9.18 Å². The van der Waals surface area contributed by atoms with E-state index in [0.717, 1.165) is 5.56 Å². The van der Waals surface area contributed by atoms with E-state index in [4.69, 9.17) is 0 Å². The van der Waals surface area contributed by atoms with Crippen molar-refractivity contribution in [2.75, 3.05) is 0 Å². The Labute approximate surface area is 91.5 Å². The molecule has 0 spiro atoms. The molecule has 14 heavy (non-hydrogen) atoms. The standard InChI is InChI=1S/C11H12BrFO/c1-6(2)11(14)8-5-10(13)9(12)4-7(8)3/h4-6H,1-3H3. The molecule has 0 fully saturated rings. The minimum atomic E-state index is -0.389. The second-order valence-electron chi connectivity index (χ2n) is 3.60. The SMILES string of the molecule is Cc1cc(Br)c(F)cc1C(=O)C(C)C. The summed E-state index contributed by atoms with van der Waals surface area (Å²) in [7, 11) is 0. The van der Waals surface area contributed by atoms with Gasteiger partial charge >= 0.3 is 0 Å². The normalized spacial score (nSPS) is 10.7. The molecule has 1 aromatic rings. The molecule has 0 bridgehead atoms. The highest BCUT2D eigenvalue weighted by Crippen LogP contribution is 2.22. The van der Waals surface area contributed by atoms with E-state index in [2.05, 4.69) is 15.9 Å². The molecule has 76 valence electrons. The molecule has 0 radical (unpaired) electrons. The average Bonchev–Trinajstić information content (AvgIpc) is 2.10. The van der Waals surface area contributed by atoms with E-state index < -0.39 is 0 Å². The van der Waals surface area contributed by atoms with Crippen molar-refractivity contribution in [3.05, 3.63) is 33.5 Å². The van der Waals surface area contributed by atoms with Gasteiger partial charge in [-0.1, -0.05) is 13.8 Å². The summed E-state index contributed by atoms with van der Waals surface area (Å²) >= 11 is 3.08. The first-order valence-electron chi connectivity index (χ1n) is 4.43. The monoisotopic (exact) mass is 258 g/mol. The van der Waals surface area contributed by atoms with Gasteiger partial charge in [0, 0.05) is 11.5 Å².